The Labute approximate surface area is 222 Å². The van der Waals surface area contributed by atoms with Crippen molar-refractivity contribution >= 4 is 21.9 Å². The number of carbonyl (C=O) groups excluding carboxylic acids is 2. The van der Waals surface area contributed by atoms with Gasteiger partial charge in [-0.25, -0.2) is 17.5 Å². The molecule has 0 bridgehead atoms. The lowest BCUT2D eigenvalue weighted by molar-refractivity contribution is -0.136. The van der Waals surface area contributed by atoms with Crippen molar-refractivity contribution in [2.75, 3.05) is 41.5 Å². The van der Waals surface area contributed by atoms with Crippen molar-refractivity contribution in [1.82, 2.24) is 9.21 Å². The van der Waals surface area contributed by atoms with E-state index in [1.54, 1.807) is 19.1 Å². The molecule has 0 aliphatic carbocycles. The number of sulfonamides is 1. The first-order chi connectivity index (χ1) is 18.2. The van der Waals surface area contributed by atoms with Gasteiger partial charge in [-0.1, -0.05) is 30.3 Å². The monoisotopic (exact) mass is 538 g/mol. The van der Waals surface area contributed by atoms with Gasteiger partial charge in [-0.05, 0) is 59.5 Å². The standard InChI is InChI=1S/C28H30N2O7S/c1-29(2)38(33,34)22-12-10-20(11-13-22)28(32)37-18-26(31)30-15-14-21-16-24(35-3)25(36-4)17-23(21)27(30)19-8-6-5-7-9-19/h5-13,16-17,27H,14-15,18H2,1-4H3/t27-/m0/s1. The van der Waals surface area contributed by atoms with E-state index < -0.39 is 28.6 Å². The van der Waals surface area contributed by atoms with Crippen LogP contribution in [-0.2, 0) is 26.0 Å². The molecule has 0 fully saturated rings. The van der Waals surface area contributed by atoms with Gasteiger partial charge >= 0.3 is 5.97 Å². The van der Waals surface area contributed by atoms with Crippen LogP contribution in [-0.4, -0.2) is 71.0 Å². The highest BCUT2D eigenvalue weighted by Gasteiger charge is 2.33. The highest BCUT2D eigenvalue weighted by molar-refractivity contribution is 7.89. The molecule has 10 heteroatoms. The number of fused-ring (bicyclic) bond motifs is 1. The number of carbonyl (C=O) groups is 2. The number of hydrogen-bond acceptors (Lipinski definition) is 7. The number of esters is 1. The number of benzene rings is 3. The Hall–Kier alpha value is -3.89. The van der Waals surface area contributed by atoms with E-state index in [9.17, 15) is 18.0 Å². The molecular formula is C28H30N2O7S. The van der Waals surface area contributed by atoms with E-state index in [0.717, 1.165) is 21.0 Å². The number of nitrogens with zero attached hydrogens (tertiary/aromatic N) is 2. The van der Waals surface area contributed by atoms with Crippen LogP contribution >= 0.6 is 0 Å². The lowest BCUT2D eigenvalue weighted by Gasteiger charge is -2.38. The molecule has 0 spiro atoms. The molecule has 3 aromatic rings. The summed E-state index contributed by atoms with van der Waals surface area (Å²) in [6, 6.07) is 18.5. The Bertz CT molecular complexity index is 1420. The molecule has 1 aliphatic heterocycles. The predicted octanol–water partition coefficient (Wildman–Crippen LogP) is 3.29. The van der Waals surface area contributed by atoms with Gasteiger partial charge in [-0.15, -0.1) is 0 Å². The number of ether oxygens (including phenoxy) is 3. The zero-order valence-corrected chi connectivity index (χ0v) is 22.5. The fourth-order valence-electron chi connectivity index (χ4n) is 4.48. The van der Waals surface area contributed by atoms with E-state index in [2.05, 4.69) is 0 Å². The molecule has 0 unspecified atom stereocenters. The number of methoxy groups -OCH3 is 2. The summed E-state index contributed by atoms with van der Waals surface area (Å²) in [5, 5.41) is 0. The summed E-state index contributed by atoms with van der Waals surface area (Å²) in [6.45, 7) is -0.0297. The number of rotatable bonds is 8. The molecule has 3 aromatic carbocycles. The Morgan fingerprint density at radius 2 is 1.58 bits per heavy atom. The predicted molar refractivity (Wildman–Crippen MR) is 141 cm³/mol. The van der Waals surface area contributed by atoms with Gasteiger partial charge in [0.1, 0.15) is 0 Å². The van der Waals surface area contributed by atoms with Gasteiger partial charge < -0.3 is 19.1 Å². The van der Waals surface area contributed by atoms with Gasteiger partial charge in [0.05, 0.1) is 30.7 Å². The number of amides is 1. The fourth-order valence-corrected chi connectivity index (χ4v) is 5.38. The van der Waals surface area contributed by atoms with Crippen molar-refractivity contribution < 1.29 is 32.2 Å². The third-order valence-corrected chi connectivity index (χ3v) is 8.33. The third-order valence-electron chi connectivity index (χ3n) is 6.50. The molecule has 0 aromatic heterocycles. The molecule has 4 rings (SSSR count). The van der Waals surface area contributed by atoms with Gasteiger partial charge in [-0.2, -0.15) is 0 Å². The first kappa shape index (κ1) is 27.2. The summed E-state index contributed by atoms with van der Waals surface area (Å²) in [7, 11) is 2.38. The smallest absolute Gasteiger partial charge is 0.338 e. The van der Waals surface area contributed by atoms with Crippen molar-refractivity contribution in [3.05, 3.63) is 89.0 Å². The first-order valence-electron chi connectivity index (χ1n) is 12.0. The summed E-state index contributed by atoms with van der Waals surface area (Å²) < 4.78 is 41.9. The average molecular weight is 539 g/mol. The highest BCUT2D eigenvalue weighted by atomic mass is 32.2. The maximum Gasteiger partial charge on any atom is 0.338 e. The Morgan fingerprint density at radius 1 is 0.947 bits per heavy atom. The number of hydrogen-bond donors (Lipinski definition) is 0. The largest absolute Gasteiger partial charge is 0.493 e. The zero-order chi connectivity index (χ0) is 27.4. The van der Waals surface area contributed by atoms with Crippen LogP contribution < -0.4 is 9.47 Å². The maximum absolute atomic E-state index is 13.4. The van der Waals surface area contributed by atoms with Gasteiger partial charge in [0.2, 0.25) is 10.0 Å². The van der Waals surface area contributed by atoms with Crippen molar-refractivity contribution in [2.24, 2.45) is 0 Å². The Kier molecular flexibility index (Phi) is 8.03. The zero-order valence-electron chi connectivity index (χ0n) is 21.7. The quantitative estimate of drug-likeness (QED) is 0.406. The molecule has 200 valence electrons. The SMILES string of the molecule is COc1cc2c(cc1OC)[C@H](c1ccccc1)N(C(=O)COC(=O)c1ccc(S(=O)(=O)N(C)C)cc1)CC2. The molecule has 1 heterocycles. The molecule has 38 heavy (non-hydrogen) atoms. The van der Waals surface area contributed by atoms with E-state index in [0.29, 0.717) is 24.5 Å². The first-order valence-corrected chi connectivity index (χ1v) is 13.4. The van der Waals surface area contributed by atoms with Crippen LogP contribution in [0.3, 0.4) is 0 Å². The van der Waals surface area contributed by atoms with Crippen LogP contribution in [0.15, 0.2) is 71.6 Å². The van der Waals surface area contributed by atoms with E-state index in [1.165, 1.54) is 38.4 Å². The summed E-state index contributed by atoms with van der Waals surface area (Å²) in [5.41, 5.74) is 3.02. The molecule has 1 aliphatic rings. The molecule has 0 saturated heterocycles. The maximum atomic E-state index is 13.4. The van der Waals surface area contributed by atoms with Crippen molar-refractivity contribution in [3.8, 4) is 11.5 Å². The van der Waals surface area contributed by atoms with E-state index >= 15 is 0 Å². The topological polar surface area (TPSA) is 102 Å². The van der Waals surface area contributed by atoms with E-state index in [-0.39, 0.29) is 16.4 Å². The highest BCUT2D eigenvalue weighted by Crippen LogP contribution is 2.41. The van der Waals surface area contributed by atoms with Gasteiger partial charge in [0, 0.05) is 20.6 Å². The fraction of sp³-hybridized carbons (Fsp3) is 0.286. The van der Waals surface area contributed by atoms with Crippen LogP contribution in [0.4, 0.5) is 0 Å². The van der Waals surface area contributed by atoms with Crippen molar-refractivity contribution in [2.45, 2.75) is 17.4 Å². The summed E-state index contributed by atoms with van der Waals surface area (Å²) >= 11 is 0. The van der Waals surface area contributed by atoms with Crippen molar-refractivity contribution in [1.29, 1.82) is 0 Å². The minimum Gasteiger partial charge on any atom is -0.493 e. The van der Waals surface area contributed by atoms with Crippen LogP contribution in [0.2, 0.25) is 0 Å². The Morgan fingerprint density at radius 3 is 2.18 bits per heavy atom. The third kappa shape index (κ3) is 5.36. The van der Waals surface area contributed by atoms with Gasteiger partial charge in [0.15, 0.2) is 18.1 Å². The molecule has 1 atom stereocenters. The molecule has 0 saturated carbocycles. The van der Waals surface area contributed by atoms with Crippen LogP contribution in [0.1, 0.15) is 33.1 Å². The minimum atomic E-state index is -3.62. The molecule has 0 radical (unpaired) electrons. The second-order valence-corrected chi connectivity index (χ2v) is 11.1. The second-order valence-electron chi connectivity index (χ2n) is 8.94. The lowest BCUT2D eigenvalue weighted by atomic mass is 9.87. The minimum absolute atomic E-state index is 0.0554. The van der Waals surface area contributed by atoms with Gasteiger partial charge in [0.25, 0.3) is 5.91 Å². The lowest BCUT2D eigenvalue weighted by Crippen LogP contribution is -2.42. The molecule has 1 amide bonds. The summed E-state index contributed by atoms with van der Waals surface area (Å²) in [5.74, 6) is 0.121. The van der Waals surface area contributed by atoms with Crippen molar-refractivity contribution in [3.63, 3.8) is 0 Å². The van der Waals surface area contributed by atoms with E-state index in [4.69, 9.17) is 14.2 Å². The molecule has 0 N–H and O–H groups in total. The van der Waals surface area contributed by atoms with Crippen LogP contribution in [0.25, 0.3) is 0 Å². The normalized spacial score (nSPS) is 15.1. The van der Waals surface area contributed by atoms with Crippen LogP contribution in [0.5, 0.6) is 11.5 Å². The Balaban J connectivity index is 1.55. The molecule has 9 nitrogen and oxygen atoms in total. The van der Waals surface area contributed by atoms with Gasteiger partial charge in [-0.3, -0.25) is 4.79 Å². The summed E-state index contributed by atoms with van der Waals surface area (Å²) in [4.78, 5) is 27.8. The second kappa shape index (κ2) is 11.2. The van der Waals surface area contributed by atoms with Crippen LogP contribution in [0, 0.1) is 0 Å². The average Bonchev–Trinajstić information content (AvgIpc) is 2.94. The molecular weight excluding hydrogens is 508 g/mol. The summed E-state index contributed by atoms with van der Waals surface area (Å²) in [6.07, 6.45) is 0.598. The van der Waals surface area contributed by atoms with E-state index in [1.807, 2.05) is 42.5 Å².